The van der Waals surface area contributed by atoms with Crippen molar-refractivity contribution in [1.29, 1.82) is 0 Å². The summed E-state index contributed by atoms with van der Waals surface area (Å²) in [4.78, 5) is 27.7. The Morgan fingerprint density at radius 2 is 1.85 bits per heavy atom. The SMILES string of the molecule is Cc1nc2cc(C(=O)N3CCC(c4c[nH]c5ncccc45)CC3)ccc2n1-c1ccccc1. The summed E-state index contributed by atoms with van der Waals surface area (Å²) in [7, 11) is 0. The topological polar surface area (TPSA) is 66.8 Å². The molecule has 0 spiro atoms. The van der Waals surface area contributed by atoms with Crippen LogP contribution >= 0.6 is 0 Å². The highest BCUT2D eigenvalue weighted by molar-refractivity contribution is 5.97. The number of pyridine rings is 1. The lowest BCUT2D eigenvalue weighted by Gasteiger charge is -2.32. The number of piperidine rings is 1. The van der Waals surface area contributed by atoms with E-state index >= 15 is 0 Å². The molecule has 6 heteroatoms. The van der Waals surface area contributed by atoms with Crippen molar-refractivity contribution in [2.24, 2.45) is 0 Å². The van der Waals surface area contributed by atoms with Gasteiger partial charge >= 0.3 is 0 Å². The van der Waals surface area contributed by atoms with E-state index in [9.17, 15) is 4.79 Å². The number of hydrogen-bond donors (Lipinski definition) is 1. The average molecular weight is 436 g/mol. The Kier molecular flexibility index (Phi) is 4.72. The summed E-state index contributed by atoms with van der Waals surface area (Å²) in [6.07, 6.45) is 5.80. The first-order valence-corrected chi connectivity index (χ1v) is 11.4. The molecule has 1 N–H and O–H groups in total. The first kappa shape index (κ1) is 19.7. The Morgan fingerprint density at radius 3 is 2.67 bits per heavy atom. The first-order valence-electron chi connectivity index (χ1n) is 11.4. The number of aryl methyl sites for hydroxylation is 1. The minimum atomic E-state index is 0.0860. The number of nitrogens with one attached hydrogen (secondary N) is 1. The number of likely N-dealkylation sites (tertiary alicyclic amines) is 1. The van der Waals surface area contributed by atoms with Crippen molar-refractivity contribution >= 4 is 28.0 Å². The second kappa shape index (κ2) is 7.89. The molecule has 1 aliphatic rings. The number of amides is 1. The molecule has 6 nitrogen and oxygen atoms in total. The fraction of sp³-hybridized carbons (Fsp3) is 0.222. The van der Waals surface area contributed by atoms with Crippen LogP contribution in [-0.4, -0.2) is 43.4 Å². The Balaban J connectivity index is 1.22. The lowest BCUT2D eigenvalue weighted by molar-refractivity contribution is 0.0713. The van der Waals surface area contributed by atoms with Crippen LogP contribution in [0.4, 0.5) is 0 Å². The van der Waals surface area contributed by atoms with Crippen LogP contribution in [-0.2, 0) is 0 Å². The van der Waals surface area contributed by atoms with Crippen LogP contribution in [0.5, 0.6) is 0 Å². The fourth-order valence-electron chi connectivity index (χ4n) is 5.13. The summed E-state index contributed by atoms with van der Waals surface area (Å²) >= 11 is 0. The van der Waals surface area contributed by atoms with Crippen LogP contribution in [0.2, 0.25) is 0 Å². The second-order valence-electron chi connectivity index (χ2n) is 8.74. The zero-order chi connectivity index (χ0) is 22.4. The summed E-state index contributed by atoms with van der Waals surface area (Å²) in [6.45, 7) is 3.51. The first-order chi connectivity index (χ1) is 16.2. The molecule has 6 rings (SSSR count). The fourth-order valence-corrected chi connectivity index (χ4v) is 5.13. The van der Waals surface area contributed by atoms with Crippen LogP contribution < -0.4 is 0 Å². The summed E-state index contributed by atoms with van der Waals surface area (Å²) < 4.78 is 2.13. The molecule has 164 valence electrons. The predicted octanol–water partition coefficient (Wildman–Crippen LogP) is 5.23. The number of carbonyl (C=O) groups is 1. The summed E-state index contributed by atoms with van der Waals surface area (Å²) in [6, 6.07) is 20.2. The van der Waals surface area contributed by atoms with Crippen molar-refractivity contribution in [2.75, 3.05) is 13.1 Å². The molecule has 2 aromatic carbocycles. The molecule has 0 bridgehead atoms. The Hall–Kier alpha value is -3.93. The van der Waals surface area contributed by atoms with E-state index in [0.717, 1.165) is 54.1 Å². The molecule has 1 saturated heterocycles. The van der Waals surface area contributed by atoms with Gasteiger partial charge in [0.05, 0.1) is 11.0 Å². The van der Waals surface area contributed by atoms with Gasteiger partial charge in [0.2, 0.25) is 0 Å². The number of H-pyrrole nitrogens is 1. The van der Waals surface area contributed by atoms with Gasteiger partial charge < -0.3 is 9.88 Å². The number of para-hydroxylation sites is 1. The zero-order valence-electron chi connectivity index (χ0n) is 18.5. The van der Waals surface area contributed by atoms with E-state index in [1.54, 1.807) is 0 Å². The predicted molar refractivity (Wildman–Crippen MR) is 130 cm³/mol. The highest BCUT2D eigenvalue weighted by atomic mass is 16.2. The van der Waals surface area contributed by atoms with E-state index in [-0.39, 0.29) is 5.91 Å². The van der Waals surface area contributed by atoms with Crippen molar-refractivity contribution in [3.8, 4) is 5.69 Å². The van der Waals surface area contributed by atoms with Crippen molar-refractivity contribution < 1.29 is 4.79 Å². The van der Waals surface area contributed by atoms with Gasteiger partial charge in [-0.2, -0.15) is 0 Å². The Labute approximate surface area is 191 Å². The van der Waals surface area contributed by atoms with Gasteiger partial charge in [-0.05, 0) is 73.7 Å². The molecule has 0 saturated carbocycles. The van der Waals surface area contributed by atoms with E-state index in [4.69, 9.17) is 4.98 Å². The van der Waals surface area contributed by atoms with Gasteiger partial charge in [-0.15, -0.1) is 0 Å². The number of fused-ring (bicyclic) bond motifs is 2. The van der Waals surface area contributed by atoms with Crippen molar-refractivity contribution in [3.05, 3.63) is 90.0 Å². The van der Waals surface area contributed by atoms with Gasteiger partial charge in [-0.25, -0.2) is 9.97 Å². The van der Waals surface area contributed by atoms with Crippen LogP contribution in [0.25, 0.3) is 27.8 Å². The molecule has 0 atom stereocenters. The molecule has 0 aliphatic carbocycles. The number of nitrogens with zero attached hydrogens (tertiary/aromatic N) is 4. The third-order valence-electron chi connectivity index (χ3n) is 6.79. The third kappa shape index (κ3) is 3.39. The number of benzene rings is 2. The van der Waals surface area contributed by atoms with Crippen molar-refractivity contribution in [2.45, 2.75) is 25.7 Å². The van der Waals surface area contributed by atoms with Crippen LogP contribution in [0.15, 0.2) is 73.1 Å². The molecule has 5 aromatic rings. The van der Waals surface area contributed by atoms with E-state index < -0.39 is 0 Å². The maximum absolute atomic E-state index is 13.3. The molecular weight excluding hydrogens is 410 g/mol. The number of hydrogen-bond acceptors (Lipinski definition) is 3. The Bertz CT molecular complexity index is 1460. The van der Waals surface area contributed by atoms with Gasteiger partial charge in [0.25, 0.3) is 5.91 Å². The van der Waals surface area contributed by atoms with Crippen LogP contribution in [0.1, 0.15) is 40.5 Å². The number of carbonyl (C=O) groups excluding carboxylic acids is 1. The summed E-state index contributed by atoms with van der Waals surface area (Å²) in [5, 5.41) is 1.19. The summed E-state index contributed by atoms with van der Waals surface area (Å²) in [5.41, 5.74) is 5.89. The van der Waals surface area contributed by atoms with Crippen molar-refractivity contribution in [1.82, 2.24) is 24.4 Å². The van der Waals surface area contributed by atoms with Gasteiger partial charge in [0, 0.05) is 42.1 Å². The quantitative estimate of drug-likeness (QED) is 0.422. The Morgan fingerprint density at radius 1 is 1.03 bits per heavy atom. The molecule has 0 radical (unpaired) electrons. The normalized spacial score (nSPS) is 14.9. The maximum atomic E-state index is 13.3. The molecular formula is C27H25N5O. The lowest BCUT2D eigenvalue weighted by Crippen LogP contribution is -2.37. The minimum absolute atomic E-state index is 0.0860. The molecule has 4 heterocycles. The van der Waals surface area contributed by atoms with E-state index in [0.29, 0.717) is 11.5 Å². The summed E-state index contributed by atoms with van der Waals surface area (Å²) in [5.74, 6) is 1.44. The monoisotopic (exact) mass is 435 g/mol. The third-order valence-corrected chi connectivity index (χ3v) is 6.79. The highest BCUT2D eigenvalue weighted by Gasteiger charge is 2.26. The smallest absolute Gasteiger partial charge is 0.253 e. The van der Waals surface area contributed by atoms with Gasteiger partial charge in [-0.1, -0.05) is 18.2 Å². The zero-order valence-corrected chi connectivity index (χ0v) is 18.5. The van der Waals surface area contributed by atoms with E-state index in [1.807, 2.05) is 60.5 Å². The lowest BCUT2D eigenvalue weighted by atomic mass is 9.89. The van der Waals surface area contributed by atoms with Gasteiger partial charge in [-0.3, -0.25) is 9.36 Å². The standard InChI is InChI=1S/C27H25N5O/c1-18-30-24-16-20(9-10-25(24)32(18)21-6-3-2-4-7-21)27(33)31-14-11-19(12-15-31)23-17-29-26-22(23)8-5-13-28-26/h2-10,13,16-17,19H,11-12,14-15H2,1H3,(H,28,29). The largest absolute Gasteiger partial charge is 0.346 e. The van der Waals surface area contributed by atoms with E-state index in [1.165, 1.54) is 10.9 Å². The molecule has 3 aromatic heterocycles. The van der Waals surface area contributed by atoms with E-state index in [2.05, 4.69) is 38.9 Å². The molecule has 1 fully saturated rings. The number of aromatic amines is 1. The van der Waals surface area contributed by atoms with Crippen LogP contribution in [0.3, 0.4) is 0 Å². The second-order valence-corrected chi connectivity index (χ2v) is 8.74. The number of imidazole rings is 1. The molecule has 0 unspecified atom stereocenters. The number of aromatic nitrogens is 4. The number of rotatable bonds is 3. The molecule has 1 aliphatic heterocycles. The van der Waals surface area contributed by atoms with Crippen LogP contribution in [0, 0.1) is 6.92 Å². The molecule has 33 heavy (non-hydrogen) atoms. The van der Waals surface area contributed by atoms with Gasteiger partial charge in [0.1, 0.15) is 11.5 Å². The minimum Gasteiger partial charge on any atom is -0.346 e. The average Bonchev–Trinajstić information content (AvgIpc) is 3.44. The molecule has 1 amide bonds. The van der Waals surface area contributed by atoms with Crippen molar-refractivity contribution in [3.63, 3.8) is 0 Å². The van der Waals surface area contributed by atoms with Gasteiger partial charge in [0.15, 0.2) is 0 Å². The maximum Gasteiger partial charge on any atom is 0.253 e. The highest BCUT2D eigenvalue weighted by Crippen LogP contribution is 2.33.